The van der Waals surface area contributed by atoms with Gasteiger partial charge in [-0.1, -0.05) is 6.07 Å². The van der Waals surface area contributed by atoms with Gasteiger partial charge in [-0.15, -0.1) is 0 Å². The molecule has 6 aromatic rings. The number of pyridine rings is 1. The number of hydrogen-bond acceptors (Lipinski definition) is 4. The molecule has 1 atom stereocenters. The molecule has 6 rings (SSSR count). The Labute approximate surface area is 271 Å². The summed E-state index contributed by atoms with van der Waals surface area (Å²) in [5, 5.41) is 1.47. The first kappa shape index (κ1) is 33.6. The standard InChI is InChI=1S/C32H17F9N4O3S/c1-44-12-42-19-10-15(16(11-22(19)44)32(39,40)41)14-4-3-7-45-20(14)5-6-21(45)29(46)13-8-17(33)28(18(34)9-13)43-31(47)23-24(35)26(37)30(49(2)48)27(38)25(23)36/h3-12H,1-2H3,(H,43,47). The van der Waals surface area contributed by atoms with Crippen molar-refractivity contribution in [2.24, 2.45) is 7.05 Å². The molecule has 252 valence electrons. The van der Waals surface area contributed by atoms with Gasteiger partial charge in [0.05, 0.1) is 34.1 Å². The number of amides is 1. The third kappa shape index (κ3) is 5.57. The van der Waals surface area contributed by atoms with Gasteiger partial charge in [0.1, 0.15) is 29.1 Å². The number of nitrogens with one attached hydrogen (secondary N) is 1. The average Bonchev–Trinajstić information content (AvgIpc) is 3.63. The first-order valence-corrected chi connectivity index (χ1v) is 15.2. The predicted molar refractivity (Wildman–Crippen MR) is 158 cm³/mol. The van der Waals surface area contributed by atoms with Crippen molar-refractivity contribution in [2.45, 2.75) is 11.1 Å². The van der Waals surface area contributed by atoms with Crippen LogP contribution in [0.4, 0.5) is 45.2 Å². The van der Waals surface area contributed by atoms with Crippen molar-refractivity contribution in [2.75, 3.05) is 11.6 Å². The average molecular weight is 709 g/mol. The number of halogens is 9. The molecule has 49 heavy (non-hydrogen) atoms. The number of hydrogen-bond donors (Lipinski definition) is 1. The molecule has 7 nitrogen and oxygen atoms in total. The van der Waals surface area contributed by atoms with Gasteiger partial charge in [0.2, 0.25) is 22.3 Å². The Bertz CT molecular complexity index is 2310. The van der Waals surface area contributed by atoms with Gasteiger partial charge in [-0.2, -0.15) is 22.0 Å². The predicted octanol–water partition coefficient (Wildman–Crippen LogP) is 7.57. The SMILES string of the molecule is Cn1cnc2cc(-c3cccn4c(C(=O)c5cc(F)c(NC(=O)c6c(F)c(F)c([S+](C)[O-])c(F)c6F)c(F)c5)ccc34)c(C(F)(F)F)cc21. The Morgan fingerprint density at radius 3 is 2.08 bits per heavy atom. The van der Waals surface area contributed by atoms with Gasteiger partial charge in [-0.3, -0.25) is 9.59 Å². The Morgan fingerprint density at radius 1 is 0.857 bits per heavy atom. The number of anilines is 1. The van der Waals surface area contributed by atoms with Crippen LogP contribution in [0.15, 0.2) is 66.0 Å². The van der Waals surface area contributed by atoms with Crippen LogP contribution < -0.4 is 5.32 Å². The Kier molecular flexibility index (Phi) is 8.23. The summed E-state index contributed by atoms with van der Waals surface area (Å²) < 4.78 is 144. The smallest absolute Gasteiger partial charge is 0.417 e. The van der Waals surface area contributed by atoms with E-state index >= 15 is 8.78 Å². The molecule has 0 aliphatic carbocycles. The number of nitrogens with zero attached hydrogens (tertiary/aromatic N) is 3. The molecule has 0 spiro atoms. The van der Waals surface area contributed by atoms with Gasteiger partial charge in [0.25, 0.3) is 5.91 Å². The Hall–Kier alpha value is -5.29. The third-order valence-corrected chi connectivity index (χ3v) is 8.60. The van der Waals surface area contributed by atoms with E-state index in [0.717, 1.165) is 12.3 Å². The molecule has 0 saturated heterocycles. The minimum absolute atomic E-state index is 0.0578. The minimum Gasteiger partial charge on any atom is -0.611 e. The van der Waals surface area contributed by atoms with Crippen LogP contribution in [-0.2, 0) is 24.4 Å². The van der Waals surface area contributed by atoms with Crippen LogP contribution >= 0.6 is 0 Å². The maximum Gasteiger partial charge on any atom is 0.417 e. The highest BCUT2D eigenvalue weighted by Gasteiger charge is 2.36. The normalized spacial score (nSPS) is 12.6. The number of carbonyl (C=O) groups excluding carboxylic acids is 2. The molecule has 3 aromatic carbocycles. The number of alkyl halides is 3. The van der Waals surface area contributed by atoms with E-state index < -0.39 is 91.2 Å². The zero-order valence-corrected chi connectivity index (χ0v) is 25.5. The fourth-order valence-corrected chi connectivity index (χ4v) is 6.08. The summed E-state index contributed by atoms with van der Waals surface area (Å²) in [5.41, 5.74) is -4.66. The quantitative estimate of drug-likeness (QED) is 0.0837. The maximum absolute atomic E-state index is 15.1. The largest absolute Gasteiger partial charge is 0.611 e. The summed E-state index contributed by atoms with van der Waals surface area (Å²) >= 11 is -2.55. The summed E-state index contributed by atoms with van der Waals surface area (Å²) in [6.45, 7) is 0. The molecule has 17 heteroatoms. The Balaban J connectivity index is 1.36. The molecule has 0 aliphatic rings. The number of fused-ring (bicyclic) bond motifs is 2. The number of imidazole rings is 1. The first-order valence-electron chi connectivity index (χ1n) is 13.7. The van der Waals surface area contributed by atoms with Crippen molar-refractivity contribution in [1.82, 2.24) is 14.0 Å². The number of aryl methyl sites for hydroxylation is 1. The number of carbonyl (C=O) groups is 2. The fourth-order valence-electron chi connectivity index (χ4n) is 5.39. The number of aromatic nitrogens is 3. The molecule has 3 aromatic heterocycles. The fraction of sp³-hybridized carbons (Fsp3) is 0.0938. The molecule has 1 unspecified atom stereocenters. The van der Waals surface area contributed by atoms with E-state index in [1.165, 1.54) is 64.2 Å². The second-order valence-electron chi connectivity index (χ2n) is 10.6. The molecule has 0 saturated carbocycles. The maximum atomic E-state index is 15.1. The molecule has 0 bridgehead atoms. The lowest BCUT2D eigenvalue weighted by Crippen LogP contribution is -2.22. The van der Waals surface area contributed by atoms with Gasteiger partial charge in [0.15, 0.2) is 11.6 Å². The lowest BCUT2D eigenvalue weighted by molar-refractivity contribution is -0.137. The van der Waals surface area contributed by atoms with Gasteiger partial charge in [-0.25, -0.2) is 22.5 Å². The van der Waals surface area contributed by atoms with Crippen molar-refractivity contribution >= 4 is 45.1 Å². The van der Waals surface area contributed by atoms with Gasteiger partial charge >= 0.3 is 6.18 Å². The molecule has 1 N–H and O–H groups in total. The molecule has 0 radical (unpaired) electrons. The van der Waals surface area contributed by atoms with E-state index in [9.17, 15) is 44.9 Å². The van der Waals surface area contributed by atoms with Crippen LogP contribution in [-0.4, -0.2) is 36.5 Å². The lowest BCUT2D eigenvalue weighted by Gasteiger charge is -2.15. The van der Waals surface area contributed by atoms with Gasteiger partial charge in [0, 0.05) is 24.4 Å². The second kappa shape index (κ2) is 12.0. The number of ketones is 1. The van der Waals surface area contributed by atoms with Crippen LogP contribution in [0.5, 0.6) is 0 Å². The van der Waals surface area contributed by atoms with E-state index in [-0.39, 0.29) is 33.4 Å². The molecular weight excluding hydrogens is 691 g/mol. The van der Waals surface area contributed by atoms with Gasteiger partial charge < -0.3 is 18.8 Å². The molecular formula is C32H17F9N4O3S. The summed E-state index contributed by atoms with van der Waals surface area (Å²) in [6.07, 6.45) is -1.38. The highest BCUT2D eigenvalue weighted by atomic mass is 32.2. The van der Waals surface area contributed by atoms with E-state index in [0.29, 0.717) is 12.1 Å². The zero-order valence-electron chi connectivity index (χ0n) is 24.6. The highest BCUT2D eigenvalue weighted by molar-refractivity contribution is 7.90. The summed E-state index contributed by atoms with van der Waals surface area (Å²) in [4.78, 5) is 28.6. The summed E-state index contributed by atoms with van der Waals surface area (Å²) in [6, 6.07) is 8.39. The van der Waals surface area contributed by atoms with E-state index in [4.69, 9.17) is 0 Å². The van der Waals surface area contributed by atoms with E-state index in [2.05, 4.69) is 4.98 Å². The zero-order chi connectivity index (χ0) is 35.7. The van der Waals surface area contributed by atoms with Gasteiger partial charge in [-0.05, 0) is 59.2 Å². The highest BCUT2D eigenvalue weighted by Crippen LogP contribution is 2.41. The van der Waals surface area contributed by atoms with Crippen molar-refractivity contribution < 1.29 is 53.7 Å². The number of benzene rings is 3. The third-order valence-electron chi connectivity index (χ3n) is 7.67. The molecule has 0 aliphatic heterocycles. The van der Waals surface area contributed by atoms with Crippen LogP contribution in [0.3, 0.4) is 0 Å². The van der Waals surface area contributed by atoms with Crippen molar-refractivity contribution in [3.63, 3.8) is 0 Å². The van der Waals surface area contributed by atoms with E-state index in [1.54, 1.807) is 0 Å². The van der Waals surface area contributed by atoms with Crippen molar-refractivity contribution in [1.29, 1.82) is 0 Å². The number of rotatable bonds is 6. The molecule has 0 fully saturated rings. The summed E-state index contributed by atoms with van der Waals surface area (Å²) in [5.74, 6) is -15.1. The van der Waals surface area contributed by atoms with Crippen molar-refractivity contribution in [3.8, 4) is 11.1 Å². The monoisotopic (exact) mass is 708 g/mol. The van der Waals surface area contributed by atoms with E-state index in [1.807, 2.05) is 0 Å². The van der Waals surface area contributed by atoms with Crippen LogP contribution in [0, 0.1) is 34.9 Å². The molecule has 3 heterocycles. The van der Waals surface area contributed by atoms with Crippen LogP contribution in [0.1, 0.15) is 32.0 Å². The second-order valence-corrected chi connectivity index (χ2v) is 12.0. The lowest BCUT2D eigenvalue weighted by atomic mass is 9.98. The Morgan fingerprint density at radius 2 is 1.49 bits per heavy atom. The first-order chi connectivity index (χ1) is 23.0. The molecule has 1 amide bonds. The van der Waals surface area contributed by atoms with Crippen LogP contribution in [0.25, 0.3) is 27.7 Å². The van der Waals surface area contributed by atoms with Crippen molar-refractivity contribution in [3.05, 3.63) is 118 Å². The minimum atomic E-state index is -4.78. The van der Waals surface area contributed by atoms with Crippen LogP contribution in [0.2, 0.25) is 0 Å². The topological polar surface area (TPSA) is 91.5 Å². The summed E-state index contributed by atoms with van der Waals surface area (Å²) in [7, 11) is 1.53.